The van der Waals surface area contributed by atoms with Gasteiger partial charge in [-0.2, -0.15) is 4.98 Å². The smallest absolute Gasteiger partial charge is 0.263 e. The van der Waals surface area contributed by atoms with Gasteiger partial charge in [0.25, 0.3) is 5.91 Å². The topological polar surface area (TPSA) is 110 Å². The number of fused-ring (bicyclic) bond motifs is 2. The van der Waals surface area contributed by atoms with E-state index >= 15 is 0 Å². The van der Waals surface area contributed by atoms with Crippen molar-refractivity contribution in [3.8, 4) is 5.88 Å². The summed E-state index contributed by atoms with van der Waals surface area (Å²) in [6.07, 6.45) is 7.48. The summed E-state index contributed by atoms with van der Waals surface area (Å²) in [5, 5.41) is 6.37. The summed E-state index contributed by atoms with van der Waals surface area (Å²) in [7, 11) is 0. The second-order valence-electron chi connectivity index (χ2n) is 8.00. The molecule has 1 saturated carbocycles. The molecule has 162 valence electrons. The first-order valence-corrected chi connectivity index (χ1v) is 10.7. The number of carbonyl (C=O) groups is 1. The molecule has 31 heavy (non-hydrogen) atoms. The number of nitrogens with one attached hydrogen (secondary N) is 2. The molecule has 3 aromatic heterocycles. The van der Waals surface area contributed by atoms with Crippen LogP contribution in [-0.2, 0) is 0 Å². The zero-order valence-electron chi connectivity index (χ0n) is 17.9. The molecular formula is C21H26N8O2. The van der Waals surface area contributed by atoms with Gasteiger partial charge in [0, 0.05) is 37.6 Å². The predicted octanol–water partition coefficient (Wildman–Crippen LogP) is 1.73. The molecule has 0 unspecified atom stereocenters. The number of anilines is 2. The Labute approximate surface area is 180 Å². The van der Waals surface area contributed by atoms with Crippen molar-refractivity contribution < 1.29 is 9.53 Å². The number of amides is 1. The van der Waals surface area contributed by atoms with Gasteiger partial charge in [-0.25, -0.2) is 15.0 Å². The van der Waals surface area contributed by atoms with E-state index in [-0.39, 0.29) is 17.4 Å². The van der Waals surface area contributed by atoms with Crippen molar-refractivity contribution in [3.05, 3.63) is 35.5 Å². The zero-order valence-corrected chi connectivity index (χ0v) is 17.9. The first-order chi connectivity index (χ1) is 15.0. The van der Waals surface area contributed by atoms with Crippen LogP contribution in [0, 0.1) is 13.8 Å². The molecule has 2 N–H and O–H groups in total. The van der Waals surface area contributed by atoms with E-state index in [1.54, 1.807) is 12.4 Å². The fraction of sp³-hybridized carbons (Fsp3) is 0.476. The second kappa shape index (κ2) is 7.77. The molecule has 0 aromatic carbocycles. The van der Waals surface area contributed by atoms with Crippen LogP contribution < -0.4 is 20.3 Å². The lowest BCUT2D eigenvalue weighted by atomic mass is 9.83. The molecule has 0 bridgehead atoms. The SMILES string of the molecule is CCOc1nc(N2CCN[C@H]3CC[C@H]32)ncc1C(=O)Nc1cn2cc(C)nc2c(C)n1. The zero-order chi connectivity index (χ0) is 21.5. The minimum Gasteiger partial charge on any atom is -0.477 e. The lowest BCUT2D eigenvalue weighted by molar-refractivity contribution is 0.102. The van der Waals surface area contributed by atoms with E-state index in [0.717, 1.165) is 36.5 Å². The molecule has 2 fully saturated rings. The second-order valence-corrected chi connectivity index (χ2v) is 8.00. The van der Waals surface area contributed by atoms with Gasteiger partial charge in [0.2, 0.25) is 11.8 Å². The van der Waals surface area contributed by atoms with Crippen molar-refractivity contribution in [1.82, 2.24) is 29.7 Å². The minimum absolute atomic E-state index is 0.284. The molecule has 10 heteroatoms. The van der Waals surface area contributed by atoms with E-state index in [1.807, 2.05) is 31.4 Å². The van der Waals surface area contributed by atoms with Gasteiger partial charge >= 0.3 is 0 Å². The first-order valence-electron chi connectivity index (χ1n) is 10.7. The Morgan fingerprint density at radius 2 is 2.13 bits per heavy atom. The molecule has 1 amide bonds. The molecule has 1 saturated heterocycles. The highest BCUT2D eigenvalue weighted by Crippen LogP contribution is 2.31. The Hall–Kier alpha value is -3.27. The highest BCUT2D eigenvalue weighted by molar-refractivity contribution is 6.05. The largest absolute Gasteiger partial charge is 0.477 e. The average Bonchev–Trinajstić information content (AvgIpc) is 3.09. The molecule has 2 aliphatic rings. The fourth-order valence-corrected chi connectivity index (χ4v) is 4.29. The molecule has 3 aromatic rings. The summed E-state index contributed by atoms with van der Waals surface area (Å²) in [4.78, 5) is 33.2. The van der Waals surface area contributed by atoms with Gasteiger partial charge in [-0.15, -0.1) is 0 Å². The number of rotatable bonds is 5. The van der Waals surface area contributed by atoms with Crippen LogP contribution in [0.25, 0.3) is 5.65 Å². The van der Waals surface area contributed by atoms with Crippen LogP contribution >= 0.6 is 0 Å². The molecule has 0 spiro atoms. The molecule has 5 rings (SSSR count). The summed E-state index contributed by atoms with van der Waals surface area (Å²) in [6, 6.07) is 0.896. The molecule has 1 aliphatic heterocycles. The Balaban J connectivity index is 1.41. The number of imidazole rings is 1. The average molecular weight is 422 g/mol. The molecule has 1 aliphatic carbocycles. The lowest BCUT2D eigenvalue weighted by Crippen LogP contribution is -2.63. The van der Waals surface area contributed by atoms with E-state index in [1.165, 1.54) is 6.42 Å². The maximum Gasteiger partial charge on any atom is 0.263 e. The van der Waals surface area contributed by atoms with Gasteiger partial charge in [0.15, 0.2) is 5.65 Å². The number of hydrogen-bond acceptors (Lipinski definition) is 8. The summed E-state index contributed by atoms with van der Waals surface area (Å²) < 4.78 is 7.57. The Morgan fingerprint density at radius 3 is 2.90 bits per heavy atom. The summed E-state index contributed by atoms with van der Waals surface area (Å²) >= 11 is 0. The van der Waals surface area contributed by atoms with Crippen molar-refractivity contribution in [2.24, 2.45) is 0 Å². The first kappa shape index (κ1) is 19.7. The van der Waals surface area contributed by atoms with Crippen LogP contribution in [0.5, 0.6) is 5.88 Å². The van der Waals surface area contributed by atoms with Crippen LogP contribution in [0.1, 0.15) is 41.5 Å². The molecule has 4 heterocycles. The van der Waals surface area contributed by atoms with Gasteiger partial charge in [0.05, 0.1) is 24.2 Å². The minimum atomic E-state index is -0.361. The van der Waals surface area contributed by atoms with Crippen LogP contribution in [0.3, 0.4) is 0 Å². The number of ether oxygens (including phenoxy) is 1. The summed E-state index contributed by atoms with van der Waals surface area (Å²) in [5.74, 6) is 0.967. The van der Waals surface area contributed by atoms with Gasteiger partial charge in [-0.05, 0) is 33.6 Å². The van der Waals surface area contributed by atoms with Gasteiger partial charge in [-0.1, -0.05) is 0 Å². The molecule has 2 atom stereocenters. The third-order valence-electron chi connectivity index (χ3n) is 5.89. The maximum absolute atomic E-state index is 13.0. The van der Waals surface area contributed by atoms with Crippen molar-refractivity contribution in [2.75, 3.05) is 29.9 Å². The number of carbonyl (C=O) groups excluding carboxylic acids is 1. The van der Waals surface area contributed by atoms with Gasteiger partial charge in [-0.3, -0.25) is 4.79 Å². The molecule has 0 radical (unpaired) electrons. The van der Waals surface area contributed by atoms with E-state index in [2.05, 4.69) is 35.5 Å². The van der Waals surface area contributed by atoms with Crippen LogP contribution in [0.2, 0.25) is 0 Å². The third-order valence-corrected chi connectivity index (χ3v) is 5.89. The standard InChI is InChI=1S/C21H26N8O2/c1-4-31-20-14(9-23-21(27-20)29-8-7-22-15-5-6-16(15)29)19(30)26-17-11-28-10-12(2)24-18(28)13(3)25-17/h9-11,15-16,22H,4-8H2,1-3H3,(H,26,30)/t15-,16+/m0/s1. The van der Waals surface area contributed by atoms with E-state index in [9.17, 15) is 4.79 Å². The number of piperazine rings is 1. The predicted molar refractivity (Wildman–Crippen MR) is 116 cm³/mol. The monoisotopic (exact) mass is 422 g/mol. The summed E-state index contributed by atoms with van der Waals surface area (Å²) in [5.41, 5.74) is 2.67. The fourth-order valence-electron chi connectivity index (χ4n) is 4.29. The van der Waals surface area contributed by atoms with Crippen molar-refractivity contribution in [3.63, 3.8) is 0 Å². The summed E-state index contributed by atoms with van der Waals surface area (Å²) in [6.45, 7) is 7.80. The van der Waals surface area contributed by atoms with E-state index in [4.69, 9.17) is 4.74 Å². The van der Waals surface area contributed by atoms with Crippen LogP contribution in [-0.4, -0.2) is 62.0 Å². The van der Waals surface area contributed by atoms with Crippen molar-refractivity contribution >= 4 is 23.3 Å². The lowest BCUT2D eigenvalue weighted by Gasteiger charge is -2.48. The number of hydrogen-bond donors (Lipinski definition) is 2. The van der Waals surface area contributed by atoms with E-state index in [0.29, 0.717) is 30.5 Å². The number of aromatic nitrogens is 5. The van der Waals surface area contributed by atoms with Crippen LogP contribution in [0.15, 0.2) is 18.6 Å². The van der Waals surface area contributed by atoms with Crippen molar-refractivity contribution in [2.45, 2.75) is 45.7 Å². The Morgan fingerprint density at radius 1 is 1.26 bits per heavy atom. The maximum atomic E-state index is 13.0. The Kier molecular flexibility index (Phi) is 4.93. The highest BCUT2D eigenvalue weighted by Gasteiger charge is 2.39. The van der Waals surface area contributed by atoms with Crippen LogP contribution in [0.4, 0.5) is 11.8 Å². The number of nitrogens with zero attached hydrogens (tertiary/aromatic N) is 6. The quantitative estimate of drug-likeness (QED) is 0.640. The van der Waals surface area contributed by atoms with Gasteiger partial charge in [0.1, 0.15) is 11.4 Å². The van der Waals surface area contributed by atoms with Crippen molar-refractivity contribution in [1.29, 1.82) is 0 Å². The van der Waals surface area contributed by atoms with E-state index < -0.39 is 0 Å². The normalized spacial score (nSPS) is 20.3. The Bertz CT molecular complexity index is 1140. The highest BCUT2D eigenvalue weighted by atomic mass is 16.5. The molecular weight excluding hydrogens is 396 g/mol. The van der Waals surface area contributed by atoms with Gasteiger partial charge < -0.3 is 24.7 Å². The molecule has 10 nitrogen and oxygen atoms in total. The number of aryl methyl sites for hydroxylation is 2. The third kappa shape index (κ3) is 3.56.